The van der Waals surface area contributed by atoms with Crippen molar-refractivity contribution in [2.45, 2.75) is 13.5 Å². The average Bonchev–Trinajstić information content (AvgIpc) is 3.11. The third-order valence-electron chi connectivity index (χ3n) is 5.31. The standard InChI is InChI=1S/C27H23ClN2O5S/c1-17-6-5-8-20(12-17)29-25(31)16-35-22-11-10-18(13-23(22)34-2)14-24-26(32)30(27(33)36-24)15-19-7-3-4-9-21(19)28/h3-14H,15-16H2,1-2H3,(H,29,31)/b24-14-. The molecule has 4 rings (SSSR count). The molecule has 7 nitrogen and oxygen atoms in total. The smallest absolute Gasteiger partial charge is 0.293 e. The summed E-state index contributed by atoms with van der Waals surface area (Å²) >= 11 is 7.05. The largest absolute Gasteiger partial charge is 0.493 e. The van der Waals surface area contributed by atoms with Gasteiger partial charge >= 0.3 is 0 Å². The van der Waals surface area contributed by atoms with Crippen molar-refractivity contribution >= 4 is 52.2 Å². The Hall–Kier alpha value is -3.75. The number of aryl methyl sites for hydroxylation is 1. The summed E-state index contributed by atoms with van der Waals surface area (Å²) in [5.74, 6) is 0.0687. The molecule has 0 unspecified atom stereocenters. The van der Waals surface area contributed by atoms with Crippen molar-refractivity contribution in [3.05, 3.63) is 93.3 Å². The minimum absolute atomic E-state index is 0.0996. The molecule has 0 aromatic heterocycles. The minimum atomic E-state index is -0.392. The van der Waals surface area contributed by atoms with Gasteiger partial charge in [0.15, 0.2) is 18.1 Å². The number of methoxy groups -OCH3 is 1. The van der Waals surface area contributed by atoms with Crippen molar-refractivity contribution < 1.29 is 23.9 Å². The van der Waals surface area contributed by atoms with Gasteiger partial charge in [-0.2, -0.15) is 0 Å². The third-order valence-corrected chi connectivity index (χ3v) is 6.58. The number of imide groups is 1. The lowest BCUT2D eigenvalue weighted by atomic mass is 10.1. The van der Waals surface area contributed by atoms with Crippen molar-refractivity contribution in [1.82, 2.24) is 4.90 Å². The maximum absolute atomic E-state index is 12.9. The molecule has 0 saturated carbocycles. The van der Waals surface area contributed by atoms with E-state index in [4.69, 9.17) is 21.1 Å². The van der Waals surface area contributed by atoms with Crippen LogP contribution >= 0.6 is 23.4 Å². The van der Waals surface area contributed by atoms with Gasteiger partial charge in [0.05, 0.1) is 18.6 Å². The molecule has 3 amide bonds. The molecule has 3 aromatic rings. The highest BCUT2D eigenvalue weighted by atomic mass is 35.5. The molecule has 1 N–H and O–H groups in total. The molecule has 1 fully saturated rings. The number of amides is 3. The van der Waals surface area contributed by atoms with Gasteiger partial charge in [-0.25, -0.2) is 0 Å². The van der Waals surface area contributed by atoms with Gasteiger partial charge in [-0.05, 0) is 71.8 Å². The van der Waals surface area contributed by atoms with Gasteiger partial charge in [-0.1, -0.05) is 48.0 Å². The molecule has 1 aliphatic heterocycles. The number of hydrogen-bond acceptors (Lipinski definition) is 6. The number of thioether (sulfide) groups is 1. The van der Waals surface area contributed by atoms with Crippen LogP contribution in [0.2, 0.25) is 5.02 Å². The van der Waals surface area contributed by atoms with E-state index in [1.54, 1.807) is 54.6 Å². The van der Waals surface area contributed by atoms with E-state index in [-0.39, 0.29) is 24.3 Å². The number of carbonyl (C=O) groups excluding carboxylic acids is 3. The van der Waals surface area contributed by atoms with Crippen LogP contribution in [0.25, 0.3) is 6.08 Å². The molecule has 0 spiro atoms. The minimum Gasteiger partial charge on any atom is -0.493 e. The highest BCUT2D eigenvalue weighted by molar-refractivity contribution is 8.18. The summed E-state index contributed by atoms with van der Waals surface area (Å²) in [7, 11) is 1.48. The Kier molecular flexibility index (Phi) is 7.97. The highest BCUT2D eigenvalue weighted by Crippen LogP contribution is 2.36. The number of benzene rings is 3. The molecule has 1 heterocycles. The molecule has 0 aliphatic carbocycles. The molecule has 0 bridgehead atoms. The molecule has 1 aliphatic rings. The maximum Gasteiger partial charge on any atom is 0.293 e. The zero-order valence-corrected chi connectivity index (χ0v) is 21.2. The van der Waals surface area contributed by atoms with Gasteiger partial charge in [0.2, 0.25) is 0 Å². The van der Waals surface area contributed by atoms with Crippen molar-refractivity contribution in [2.75, 3.05) is 19.0 Å². The van der Waals surface area contributed by atoms with E-state index in [1.807, 2.05) is 25.1 Å². The van der Waals surface area contributed by atoms with E-state index in [2.05, 4.69) is 5.32 Å². The number of nitrogens with one attached hydrogen (secondary N) is 1. The number of halogens is 1. The summed E-state index contributed by atoms with van der Waals surface area (Å²) in [6.07, 6.45) is 1.62. The summed E-state index contributed by atoms with van der Waals surface area (Å²) < 4.78 is 11.1. The van der Waals surface area contributed by atoms with Crippen LogP contribution in [0.1, 0.15) is 16.7 Å². The zero-order chi connectivity index (χ0) is 25.7. The van der Waals surface area contributed by atoms with Gasteiger partial charge in [-0.15, -0.1) is 0 Å². The van der Waals surface area contributed by atoms with Gasteiger partial charge in [0.25, 0.3) is 17.1 Å². The molecule has 36 heavy (non-hydrogen) atoms. The monoisotopic (exact) mass is 522 g/mol. The van der Waals surface area contributed by atoms with Crippen LogP contribution < -0.4 is 14.8 Å². The van der Waals surface area contributed by atoms with Crippen molar-refractivity contribution in [1.29, 1.82) is 0 Å². The predicted octanol–water partition coefficient (Wildman–Crippen LogP) is 5.91. The van der Waals surface area contributed by atoms with E-state index in [9.17, 15) is 14.4 Å². The first-order chi connectivity index (χ1) is 17.3. The van der Waals surface area contributed by atoms with E-state index >= 15 is 0 Å². The second-order valence-corrected chi connectivity index (χ2v) is 9.38. The molecule has 3 aromatic carbocycles. The van der Waals surface area contributed by atoms with Crippen LogP contribution in [0, 0.1) is 6.92 Å². The molecule has 9 heteroatoms. The molecule has 0 atom stereocenters. The zero-order valence-electron chi connectivity index (χ0n) is 19.6. The van der Waals surface area contributed by atoms with Crippen molar-refractivity contribution in [2.24, 2.45) is 0 Å². The lowest BCUT2D eigenvalue weighted by Gasteiger charge is -2.13. The molecular formula is C27H23ClN2O5S. The van der Waals surface area contributed by atoms with Crippen LogP contribution in [0.4, 0.5) is 10.5 Å². The van der Waals surface area contributed by atoms with Crippen LogP contribution in [-0.4, -0.2) is 35.7 Å². The molecule has 184 valence electrons. The quantitative estimate of drug-likeness (QED) is 0.370. The summed E-state index contributed by atoms with van der Waals surface area (Å²) in [6.45, 7) is 1.84. The first-order valence-electron chi connectivity index (χ1n) is 11.0. The summed E-state index contributed by atoms with van der Waals surface area (Å²) in [5, 5.41) is 2.92. The fourth-order valence-electron chi connectivity index (χ4n) is 3.54. The Morgan fingerprint density at radius 2 is 1.86 bits per heavy atom. The second-order valence-electron chi connectivity index (χ2n) is 7.98. The van der Waals surface area contributed by atoms with E-state index in [0.29, 0.717) is 38.2 Å². The van der Waals surface area contributed by atoms with E-state index in [1.165, 1.54) is 12.0 Å². The Morgan fingerprint density at radius 1 is 1.06 bits per heavy atom. The highest BCUT2D eigenvalue weighted by Gasteiger charge is 2.35. The fraction of sp³-hybridized carbons (Fsp3) is 0.148. The van der Waals surface area contributed by atoms with E-state index in [0.717, 1.165) is 17.3 Å². The SMILES string of the molecule is COc1cc(/C=C2\SC(=O)N(Cc3ccccc3Cl)C2=O)ccc1OCC(=O)Nc1cccc(C)c1. The molecule has 1 saturated heterocycles. The first kappa shape index (κ1) is 25.3. The molecule has 0 radical (unpaired) electrons. The number of hydrogen-bond donors (Lipinski definition) is 1. The van der Waals surface area contributed by atoms with Crippen molar-refractivity contribution in [3.8, 4) is 11.5 Å². The first-order valence-corrected chi connectivity index (χ1v) is 12.2. The van der Waals surface area contributed by atoms with Gasteiger partial charge in [0, 0.05) is 10.7 Å². The summed E-state index contributed by atoms with van der Waals surface area (Å²) in [6, 6.07) is 19.6. The van der Waals surface area contributed by atoms with E-state index < -0.39 is 5.91 Å². The second kappa shape index (κ2) is 11.3. The Morgan fingerprint density at radius 3 is 2.61 bits per heavy atom. The van der Waals surface area contributed by atoms with Crippen LogP contribution in [0.3, 0.4) is 0 Å². The fourth-order valence-corrected chi connectivity index (χ4v) is 4.57. The van der Waals surface area contributed by atoms with Crippen LogP contribution in [0.5, 0.6) is 11.5 Å². The number of carbonyl (C=O) groups is 3. The number of ether oxygens (including phenoxy) is 2. The number of rotatable bonds is 8. The summed E-state index contributed by atoms with van der Waals surface area (Å²) in [4.78, 5) is 39.1. The maximum atomic E-state index is 12.9. The third kappa shape index (κ3) is 6.08. The molecular weight excluding hydrogens is 500 g/mol. The number of anilines is 1. The Labute approximate surface area is 218 Å². The number of nitrogens with zero attached hydrogens (tertiary/aromatic N) is 1. The van der Waals surface area contributed by atoms with Gasteiger partial charge in [0.1, 0.15) is 0 Å². The normalized spacial score (nSPS) is 14.3. The average molecular weight is 523 g/mol. The topological polar surface area (TPSA) is 84.9 Å². The van der Waals surface area contributed by atoms with Gasteiger partial charge in [-0.3, -0.25) is 19.3 Å². The predicted molar refractivity (Wildman–Crippen MR) is 141 cm³/mol. The lowest BCUT2D eigenvalue weighted by Crippen LogP contribution is -2.27. The Bertz CT molecular complexity index is 1360. The Balaban J connectivity index is 1.43. The van der Waals surface area contributed by atoms with Crippen molar-refractivity contribution in [3.63, 3.8) is 0 Å². The lowest BCUT2D eigenvalue weighted by molar-refractivity contribution is -0.123. The summed E-state index contributed by atoms with van der Waals surface area (Å²) in [5.41, 5.74) is 3.06. The van der Waals surface area contributed by atoms with Crippen LogP contribution in [-0.2, 0) is 16.1 Å². The van der Waals surface area contributed by atoms with Crippen LogP contribution in [0.15, 0.2) is 71.6 Å². The van der Waals surface area contributed by atoms with Gasteiger partial charge < -0.3 is 14.8 Å².